The van der Waals surface area contributed by atoms with Crippen LogP contribution in [-0.2, 0) is 27.1 Å². The van der Waals surface area contributed by atoms with Crippen LogP contribution in [0.1, 0.15) is 29.5 Å². The lowest BCUT2D eigenvalue weighted by Crippen LogP contribution is -2.58. The SMILES string of the molecule is N#Cc1ccc(N2CCN(C(=O)C3CCOCC3)C(COCc3ccccc3)C2)cc1C(F)(F)F. The molecule has 2 fully saturated rings. The maximum Gasteiger partial charge on any atom is 0.417 e. The molecule has 2 aliphatic heterocycles. The zero-order valence-electron chi connectivity index (χ0n) is 19.3. The quantitative estimate of drug-likeness (QED) is 0.610. The summed E-state index contributed by atoms with van der Waals surface area (Å²) in [5.41, 5.74) is 0.0272. The molecule has 9 heteroatoms. The number of ether oxygens (including phenoxy) is 2. The normalized spacial score (nSPS) is 19.4. The monoisotopic (exact) mass is 487 g/mol. The third-order valence-electron chi connectivity index (χ3n) is 6.55. The van der Waals surface area contributed by atoms with Gasteiger partial charge >= 0.3 is 6.18 Å². The first kappa shape index (κ1) is 25.0. The molecule has 0 spiro atoms. The smallest absolute Gasteiger partial charge is 0.381 e. The van der Waals surface area contributed by atoms with E-state index >= 15 is 0 Å². The van der Waals surface area contributed by atoms with Crippen molar-refractivity contribution in [2.75, 3.05) is 44.4 Å². The van der Waals surface area contributed by atoms with Gasteiger partial charge in [0.2, 0.25) is 5.91 Å². The van der Waals surface area contributed by atoms with Gasteiger partial charge in [0.15, 0.2) is 0 Å². The number of amides is 1. The number of hydrogen-bond donors (Lipinski definition) is 0. The summed E-state index contributed by atoms with van der Waals surface area (Å²) in [6.07, 6.45) is -3.29. The average molecular weight is 488 g/mol. The van der Waals surface area contributed by atoms with E-state index in [2.05, 4.69) is 0 Å². The number of piperazine rings is 1. The fraction of sp³-hybridized carbons (Fsp3) is 0.462. The summed E-state index contributed by atoms with van der Waals surface area (Å²) >= 11 is 0. The van der Waals surface area contributed by atoms with Crippen LogP contribution in [-0.4, -0.2) is 56.3 Å². The number of rotatable bonds is 6. The summed E-state index contributed by atoms with van der Waals surface area (Å²) < 4.78 is 51.9. The third-order valence-corrected chi connectivity index (χ3v) is 6.55. The minimum absolute atomic E-state index is 0.0528. The number of nitrogens with zero attached hydrogens (tertiary/aromatic N) is 3. The highest BCUT2D eigenvalue weighted by atomic mass is 19.4. The predicted molar refractivity (Wildman–Crippen MR) is 124 cm³/mol. The Balaban J connectivity index is 1.52. The Hall–Kier alpha value is -3.09. The fourth-order valence-corrected chi connectivity index (χ4v) is 4.65. The lowest BCUT2D eigenvalue weighted by Gasteiger charge is -2.44. The van der Waals surface area contributed by atoms with Crippen LogP contribution in [0, 0.1) is 17.2 Å². The molecular weight excluding hydrogens is 459 g/mol. The highest BCUT2D eigenvalue weighted by Gasteiger charge is 2.37. The lowest BCUT2D eigenvalue weighted by molar-refractivity contribution is -0.143. The Kier molecular flexibility index (Phi) is 7.93. The second-order valence-corrected chi connectivity index (χ2v) is 8.86. The van der Waals surface area contributed by atoms with Crippen molar-refractivity contribution >= 4 is 11.6 Å². The van der Waals surface area contributed by atoms with Gasteiger partial charge in [0, 0.05) is 44.5 Å². The molecule has 4 rings (SSSR count). The second kappa shape index (κ2) is 11.1. The van der Waals surface area contributed by atoms with E-state index in [0.29, 0.717) is 58.0 Å². The van der Waals surface area contributed by atoms with E-state index < -0.39 is 17.3 Å². The van der Waals surface area contributed by atoms with Crippen LogP contribution in [0.15, 0.2) is 48.5 Å². The molecule has 1 unspecified atom stereocenters. The largest absolute Gasteiger partial charge is 0.417 e. The molecule has 6 nitrogen and oxygen atoms in total. The van der Waals surface area contributed by atoms with E-state index in [4.69, 9.17) is 14.7 Å². The minimum Gasteiger partial charge on any atom is -0.381 e. The Labute approximate surface area is 202 Å². The molecule has 0 aromatic heterocycles. The fourth-order valence-electron chi connectivity index (χ4n) is 4.65. The first-order valence-electron chi connectivity index (χ1n) is 11.7. The molecule has 0 N–H and O–H groups in total. The lowest BCUT2D eigenvalue weighted by atomic mass is 9.97. The molecule has 0 saturated carbocycles. The number of nitriles is 1. The van der Waals surface area contributed by atoms with Crippen LogP contribution in [0.25, 0.3) is 0 Å². The van der Waals surface area contributed by atoms with Crippen LogP contribution >= 0.6 is 0 Å². The molecule has 1 atom stereocenters. The molecule has 2 aromatic carbocycles. The molecule has 186 valence electrons. The summed E-state index contributed by atoms with van der Waals surface area (Å²) in [4.78, 5) is 17.0. The van der Waals surface area contributed by atoms with Gasteiger partial charge in [0.05, 0.1) is 36.5 Å². The summed E-state index contributed by atoms with van der Waals surface area (Å²) in [6, 6.07) is 14.7. The molecule has 2 heterocycles. The van der Waals surface area contributed by atoms with E-state index in [-0.39, 0.29) is 24.5 Å². The van der Waals surface area contributed by atoms with Crippen molar-refractivity contribution in [3.8, 4) is 6.07 Å². The number of halogens is 3. The Bertz CT molecular complexity index is 1050. The maximum absolute atomic E-state index is 13.5. The highest BCUT2D eigenvalue weighted by molar-refractivity contribution is 5.79. The van der Waals surface area contributed by atoms with E-state index in [1.807, 2.05) is 40.1 Å². The Morgan fingerprint density at radius 3 is 2.54 bits per heavy atom. The molecular formula is C26H28F3N3O3. The third kappa shape index (κ3) is 6.13. The highest BCUT2D eigenvalue weighted by Crippen LogP contribution is 2.35. The first-order valence-corrected chi connectivity index (χ1v) is 11.7. The summed E-state index contributed by atoms with van der Waals surface area (Å²) in [6.45, 7) is 2.87. The Morgan fingerprint density at radius 2 is 1.86 bits per heavy atom. The second-order valence-electron chi connectivity index (χ2n) is 8.86. The summed E-state index contributed by atoms with van der Waals surface area (Å²) in [5, 5.41) is 9.10. The first-order chi connectivity index (χ1) is 16.9. The van der Waals surface area contributed by atoms with Gasteiger partial charge in [0.25, 0.3) is 0 Å². The van der Waals surface area contributed by atoms with E-state index in [1.54, 1.807) is 6.07 Å². The van der Waals surface area contributed by atoms with Crippen molar-refractivity contribution in [3.05, 3.63) is 65.2 Å². The van der Waals surface area contributed by atoms with Gasteiger partial charge in [-0.1, -0.05) is 30.3 Å². The molecule has 0 bridgehead atoms. The number of alkyl halides is 3. The van der Waals surface area contributed by atoms with E-state index in [0.717, 1.165) is 11.6 Å². The van der Waals surface area contributed by atoms with Crippen LogP contribution in [0.4, 0.5) is 18.9 Å². The molecule has 35 heavy (non-hydrogen) atoms. The van der Waals surface area contributed by atoms with E-state index in [9.17, 15) is 18.0 Å². The van der Waals surface area contributed by atoms with E-state index in [1.165, 1.54) is 12.1 Å². The predicted octanol–water partition coefficient (Wildman–Crippen LogP) is 4.24. The van der Waals surface area contributed by atoms with Crippen molar-refractivity contribution in [2.24, 2.45) is 5.92 Å². The van der Waals surface area contributed by atoms with Crippen LogP contribution in [0.3, 0.4) is 0 Å². The van der Waals surface area contributed by atoms with Crippen molar-refractivity contribution < 1.29 is 27.4 Å². The van der Waals surface area contributed by atoms with Gasteiger partial charge in [0.1, 0.15) is 0 Å². The molecule has 2 saturated heterocycles. The molecule has 2 aromatic rings. The van der Waals surface area contributed by atoms with Crippen LogP contribution < -0.4 is 4.90 Å². The topological polar surface area (TPSA) is 65.8 Å². The number of anilines is 1. The van der Waals surface area contributed by atoms with Gasteiger partial charge < -0.3 is 19.3 Å². The van der Waals surface area contributed by atoms with Gasteiger partial charge in [-0.3, -0.25) is 4.79 Å². The Morgan fingerprint density at radius 1 is 1.11 bits per heavy atom. The number of benzene rings is 2. The number of hydrogen-bond acceptors (Lipinski definition) is 5. The molecule has 0 radical (unpaired) electrons. The van der Waals surface area contributed by atoms with Crippen molar-refractivity contribution in [3.63, 3.8) is 0 Å². The summed E-state index contributed by atoms with van der Waals surface area (Å²) in [7, 11) is 0. The average Bonchev–Trinajstić information content (AvgIpc) is 2.88. The molecule has 1 amide bonds. The van der Waals surface area contributed by atoms with Gasteiger partial charge in [-0.2, -0.15) is 18.4 Å². The van der Waals surface area contributed by atoms with Crippen LogP contribution in [0.5, 0.6) is 0 Å². The van der Waals surface area contributed by atoms with Gasteiger partial charge in [-0.15, -0.1) is 0 Å². The number of carbonyl (C=O) groups is 1. The maximum atomic E-state index is 13.5. The standard InChI is InChI=1S/C26H28F3N3O3/c27-26(28,29)24-14-22(7-6-21(24)15-30)31-10-11-32(25(33)20-8-12-34-13-9-20)23(16-31)18-35-17-19-4-2-1-3-5-19/h1-7,14,20,23H,8-13,16-18H2. The zero-order valence-corrected chi connectivity index (χ0v) is 19.3. The minimum atomic E-state index is -4.62. The number of carbonyl (C=O) groups excluding carboxylic acids is 1. The van der Waals surface area contributed by atoms with Crippen LogP contribution in [0.2, 0.25) is 0 Å². The van der Waals surface area contributed by atoms with Gasteiger partial charge in [-0.05, 0) is 36.6 Å². The molecule has 2 aliphatic rings. The van der Waals surface area contributed by atoms with Crippen molar-refractivity contribution in [1.82, 2.24) is 4.90 Å². The molecule has 0 aliphatic carbocycles. The zero-order chi connectivity index (χ0) is 24.8. The van der Waals surface area contributed by atoms with Gasteiger partial charge in [-0.25, -0.2) is 0 Å². The van der Waals surface area contributed by atoms with Crippen molar-refractivity contribution in [2.45, 2.75) is 31.7 Å². The van der Waals surface area contributed by atoms with Crippen molar-refractivity contribution in [1.29, 1.82) is 5.26 Å². The summed E-state index contributed by atoms with van der Waals surface area (Å²) in [5.74, 6) is -0.0595.